The van der Waals surface area contributed by atoms with E-state index in [1.807, 2.05) is 61.5 Å². The minimum Gasteiger partial charge on any atom is -0.481 e. The van der Waals surface area contributed by atoms with Crippen LogP contribution in [-0.4, -0.2) is 48.1 Å². The summed E-state index contributed by atoms with van der Waals surface area (Å²) in [7, 11) is 1.59. The number of aryl methyl sites for hydroxylation is 1. The zero-order chi connectivity index (χ0) is 26.6. The van der Waals surface area contributed by atoms with Crippen LogP contribution in [-0.2, 0) is 9.59 Å². The lowest BCUT2D eigenvalue weighted by Gasteiger charge is -2.40. The fraction of sp³-hybridized carbons (Fsp3) is 0.276. The number of hydrogen-bond donors (Lipinski definition) is 1. The van der Waals surface area contributed by atoms with Gasteiger partial charge in [0, 0.05) is 43.6 Å². The minimum atomic E-state index is -1.29. The monoisotopic (exact) mass is 503 g/mol. The van der Waals surface area contributed by atoms with Gasteiger partial charge in [0.25, 0.3) is 0 Å². The van der Waals surface area contributed by atoms with Crippen LogP contribution in [0.15, 0.2) is 78.9 Å². The zero-order valence-corrected chi connectivity index (χ0v) is 20.9. The van der Waals surface area contributed by atoms with Crippen molar-refractivity contribution in [3.05, 3.63) is 90.2 Å². The normalized spacial score (nSPS) is 14.6. The maximum atomic E-state index is 13.7. The molecule has 1 saturated heterocycles. The summed E-state index contributed by atoms with van der Waals surface area (Å²) in [6.07, 6.45) is 0.0992. The van der Waals surface area contributed by atoms with Crippen molar-refractivity contribution >= 4 is 35.0 Å². The van der Waals surface area contributed by atoms with Crippen LogP contribution in [0.5, 0.6) is 0 Å². The van der Waals surface area contributed by atoms with Crippen molar-refractivity contribution in [2.24, 2.45) is 5.41 Å². The third kappa shape index (κ3) is 5.63. The first-order valence-corrected chi connectivity index (χ1v) is 12.2. The molecule has 0 aliphatic carbocycles. The zero-order valence-electron chi connectivity index (χ0n) is 20.9. The number of halogens is 1. The van der Waals surface area contributed by atoms with Gasteiger partial charge in [0.2, 0.25) is 5.91 Å². The predicted molar refractivity (Wildman–Crippen MR) is 140 cm³/mol. The largest absolute Gasteiger partial charge is 0.481 e. The molecule has 1 heterocycles. The molecule has 0 bridgehead atoms. The molecule has 4 rings (SSSR count). The summed E-state index contributed by atoms with van der Waals surface area (Å²) in [6, 6.07) is 22.0. The fourth-order valence-corrected chi connectivity index (χ4v) is 4.73. The molecular formula is C29H30FN3O4. The molecule has 37 heavy (non-hydrogen) atoms. The molecule has 1 fully saturated rings. The van der Waals surface area contributed by atoms with Crippen molar-refractivity contribution in [3.8, 4) is 0 Å². The molecule has 0 aromatic heterocycles. The molecule has 7 nitrogen and oxygen atoms in total. The molecule has 0 spiro atoms. The number of rotatable bonds is 6. The second kappa shape index (κ2) is 10.8. The number of aliphatic carboxylic acids is 1. The first-order chi connectivity index (χ1) is 17.7. The van der Waals surface area contributed by atoms with Crippen LogP contribution in [0.25, 0.3) is 0 Å². The van der Waals surface area contributed by atoms with Crippen molar-refractivity contribution in [3.63, 3.8) is 0 Å². The number of hydrogen-bond acceptors (Lipinski definition) is 3. The molecule has 3 aromatic carbocycles. The van der Waals surface area contributed by atoms with Gasteiger partial charge in [0.05, 0.1) is 5.41 Å². The molecule has 1 aliphatic rings. The highest BCUT2D eigenvalue weighted by atomic mass is 19.1. The van der Waals surface area contributed by atoms with Crippen molar-refractivity contribution in [1.29, 1.82) is 0 Å². The molecule has 3 aromatic rings. The summed E-state index contributed by atoms with van der Waals surface area (Å²) in [4.78, 5) is 43.8. The van der Waals surface area contributed by atoms with Gasteiger partial charge in [-0.05, 0) is 73.9 Å². The third-order valence-corrected chi connectivity index (χ3v) is 6.96. The van der Waals surface area contributed by atoms with E-state index in [1.165, 1.54) is 29.2 Å². The van der Waals surface area contributed by atoms with Crippen molar-refractivity contribution in [1.82, 2.24) is 4.90 Å². The van der Waals surface area contributed by atoms with Gasteiger partial charge < -0.3 is 10.0 Å². The van der Waals surface area contributed by atoms with Gasteiger partial charge in [-0.15, -0.1) is 0 Å². The SMILES string of the molecule is Cc1cccc(N(C(=O)CC2(C(=O)O)CCN(C(=O)N(C)c3ccc(F)cc3)CC2)c2ccccc2)c1. The highest BCUT2D eigenvalue weighted by Gasteiger charge is 2.45. The predicted octanol–water partition coefficient (Wildman–Crippen LogP) is 5.61. The number of piperidine rings is 1. The van der Waals surface area contributed by atoms with Gasteiger partial charge in [0.1, 0.15) is 5.82 Å². The van der Waals surface area contributed by atoms with Crippen LogP contribution < -0.4 is 9.80 Å². The third-order valence-electron chi connectivity index (χ3n) is 6.96. The maximum absolute atomic E-state index is 13.7. The fourth-order valence-electron chi connectivity index (χ4n) is 4.73. The van der Waals surface area contributed by atoms with Gasteiger partial charge in [-0.1, -0.05) is 30.3 Å². The second-order valence-corrected chi connectivity index (χ2v) is 9.47. The Balaban J connectivity index is 1.52. The van der Waals surface area contributed by atoms with Crippen LogP contribution >= 0.6 is 0 Å². The molecule has 8 heteroatoms. The lowest BCUT2D eigenvalue weighted by molar-refractivity contribution is -0.154. The van der Waals surface area contributed by atoms with Gasteiger partial charge in [-0.2, -0.15) is 0 Å². The van der Waals surface area contributed by atoms with Crippen LogP contribution in [0.3, 0.4) is 0 Å². The van der Waals surface area contributed by atoms with Crippen molar-refractivity contribution < 1.29 is 23.9 Å². The number of amides is 3. The number of carbonyl (C=O) groups is 3. The summed E-state index contributed by atoms with van der Waals surface area (Å²) in [5, 5.41) is 10.2. The Morgan fingerprint density at radius 1 is 0.892 bits per heavy atom. The second-order valence-electron chi connectivity index (χ2n) is 9.47. The Hall–Kier alpha value is -4.20. The van der Waals surface area contributed by atoms with Gasteiger partial charge in [-0.3, -0.25) is 19.4 Å². The quantitative estimate of drug-likeness (QED) is 0.474. The molecule has 3 amide bonds. The maximum Gasteiger partial charge on any atom is 0.324 e. The topological polar surface area (TPSA) is 81.2 Å². The first-order valence-electron chi connectivity index (χ1n) is 12.2. The molecule has 0 radical (unpaired) electrons. The summed E-state index contributed by atoms with van der Waals surface area (Å²) in [5.41, 5.74) is 1.56. The summed E-state index contributed by atoms with van der Waals surface area (Å²) < 4.78 is 13.3. The van der Waals surface area contributed by atoms with E-state index in [2.05, 4.69) is 0 Å². The number of likely N-dealkylation sites (tertiary alicyclic amines) is 1. The van der Waals surface area contributed by atoms with E-state index >= 15 is 0 Å². The smallest absolute Gasteiger partial charge is 0.324 e. The van der Waals surface area contributed by atoms with E-state index < -0.39 is 17.2 Å². The Labute approximate surface area is 215 Å². The highest BCUT2D eigenvalue weighted by Crippen LogP contribution is 2.38. The van der Waals surface area contributed by atoms with Gasteiger partial charge in [0.15, 0.2) is 0 Å². The molecule has 1 N–H and O–H groups in total. The van der Waals surface area contributed by atoms with Crippen LogP contribution in [0.4, 0.5) is 26.2 Å². The van der Waals surface area contributed by atoms with Gasteiger partial charge >= 0.3 is 12.0 Å². The van der Waals surface area contributed by atoms with Crippen molar-refractivity contribution in [2.45, 2.75) is 26.2 Å². The average molecular weight is 504 g/mol. The average Bonchev–Trinajstić information content (AvgIpc) is 2.89. The van der Waals surface area contributed by atoms with E-state index in [0.29, 0.717) is 17.1 Å². The van der Waals surface area contributed by atoms with Crippen LogP contribution in [0.1, 0.15) is 24.8 Å². The number of anilines is 3. The number of carbonyl (C=O) groups excluding carboxylic acids is 2. The number of urea groups is 1. The number of para-hydroxylation sites is 1. The number of carboxylic acid groups (broad SMARTS) is 1. The number of nitrogens with zero attached hydrogens (tertiary/aromatic N) is 3. The Morgan fingerprint density at radius 2 is 1.51 bits per heavy atom. The van der Waals surface area contributed by atoms with E-state index in [-0.39, 0.29) is 44.3 Å². The van der Waals surface area contributed by atoms with Crippen LogP contribution in [0.2, 0.25) is 0 Å². The van der Waals surface area contributed by atoms with E-state index in [1.54, 1.807) is 16.8 Å². The molecule has 0 unspecified atom stereocenters. The first kappa shape index (κ1) is 25.9. The molecular weight excluding hydrogens is 473 g/mol. The highest BCUT2D eigenvalue weighted by molar-refractivity contribution is 6.02. The van der Waals surface area contributed by atoms with Crippen LogP contribution in [0, 0.1) is 18.2 Å². The standard InChI is InChI=1S/C29H30FN3O4/c1-21-7-6-10-25(19-21)33(24-8-4-3-5-9-24)26(34)20-29(27(35)36)15-17-32(18-16-29)28(37)31(2)23-13-11-22(30)12-14-23/h3-14,19H,15-18,20H2,1-2H3,(H,35,36). The van der Waals surface area contributed by atoms with E-state index in [0.717, 1.165) is 5.56 Å². The minimum absolute atomic E-state index is 0.146. The summed E-state index contributed by atoms with van der Waals surface area (Å²) in [6.45, 7) is 2.32. The molecule has 0 saturated carbocycles. The van der Waals surface area contributed by atoms with E-state index in [4.69, 9.17) is 0 Å². The molecule has 1 aliphatic heterocycles. The number of benzene rings is 3. The number of carboxylic acids is 1. The van der Waals surface area contributed by atoms with Crippen molar-refractivity contribution in [2.75, 3.05) is 29.9 Å². The summed E-state index contributed by atoms with van der Waals surface area (Å²) >= 11 is 0. The summed E-state index contributed by atoms with van der Waals surface area (Å²) in [5.74, 6) is -1.76. The lowest BCUT2D eigenvalue weighted by atomic mass is 9.75. The molecule has 0 atom stereocenters. The molecule has 192 valence electrons. The van der Waals surface area contributed by atoms with Gasteiger partial charge in [-0.25, -0.2) is 9.18 Å². The Bertz CT molecular complexity index is 1270. The Kier molecular flexibility index (Phi) is 7.57. The van der Waals surface area contributed by atoms with E-state index in [9.17, 15) is 23.9 Å². The Morgan fingerprint density at radius 3 is 2.11 bits per heavy atom. The lowest BCUT2D eigenvalue weighted by Crippen LogP contribution is -2.51.